The zero-order chi connectivity index (χ0) is 13.8. The third-order valence-corrected chi connectivity index (χ3v) is 4.36. The summed E-state index contributed by atoms with van der Waals surface area (Å²) in [5, 5.41) is 8.38. The molecule has 0 saturated carbocycles. The molecule has 3 N–H and O–H groups in total. The molecule has 0 bridgehead atoms. The minimum absolute atomic E-state index is 0.113. The number of rotatable bonds is 4. The topological polar surface area (TPSA) is 49.9 Å². The average molecular weight is 291 g/mol. The van der Waals surface area contributed by atoms with Gasteiger partial charge in [-0.1, -0.05) is 41.9 Å². The summed E-state index contributed by atoms with van der Waals surface area (Å²) in [5.41, 5.74) is 8.78. The summed E-state index contributed by atoms with van der Waals surface area (Å²) in [4.78, 5) is 1.07. The first-order valence-electron chi connectivity index (χ1n) is 5.89. The molecule has 0 saturated heterocycles. The van der Waals surface area contributed by atoms with Gasteiger partial charge in [-0.25, -0.2) is 0 Å². The van der Waals surface area contributed by atoms with Crippen LogP contribution in [0.5, 0.6) is 0 Å². The molecule has 0 aliphatic heterocycles. The maximum atomic E-state index is 7.63. The van der Waals surface area contributed by atoms with E-state index in [4.69, 9.17) is 22.7 Å². The van der Waals surface area contributed by atoms with Gasteiger partial charge in [-0.3, -0.25) is 5.41 Å². The van der Waals surface area contributed by atoms with E-state index >= 15 is 0 Å². The van der Waals surface area contributed by atoms with Crippen LogP contribution in [-0.2, 0) is 5.75 Å². The molecule has 2 nitrogen and oxygen atoms in total. The largest absolute Gasteiger partial charge is 0.384 e. The predicted molar refractivity (Wildman–Crippen MR) is 83.2 cm³/mol. The Kier molecular flexibility index (Phi) is 4.51. The molecule has 98 valence electrons. The maximum Gasteiger partial charge on any atom is 0.123 e. The van der Waals surface area contributed by atoms with Gasteiger partial charge in [0.05, 0.1) is 0 Å². The molecule has 0 heterocycles. The molecular formula is C15H15ClN2S. The molecule has 0 aliphatic rings. The number of nitrogen functional groups attached to an aromatic ring is 1. The number of amidine groups is 1. The van der Waals surface area contributed by atoms with Gasteiger partial charge in [-0.15, -0.1) is 11.8 Å². The van der Waals surface area contributed by atoms with Gasteiger partial charge in [0.15, 0.2) is 0 Å². The highest BCUT2D eigenvalue weighted by atomic mass is 35.5. The molecule has 0 aromatic heterocycles. The zero-order valence-corrected chi connectivity index (χ0v) is 12.2. The van der Waals surface area contributed by atoms with Gasteiger partial charge in [0.2, 0.25) is 0 Å². The van der Waals surface area contributed by atoms with E-state index in [2.05, 4.69) is 0 Å². The molecule has 2 aromatic carbocycles. The number of thioether (sulfide) groups is 1. The summed E-state index contributed by atoms with van der Waals surface area (Å²) < 4.78 is 0. The minimum atomic E-state index is 0.113. The van der Waals surface area contributed by atoms with Crippen LogP contribution in [0.15, 0.2) is 47.4 Å². The first-order chi connectivity index (χ1) is 9.08. The molecule has 2 aromatic rings. The van der Waals surface area contributed by atoms with Crippen molar-refractivity contribution in [2.45, 2.75) is 17.6 Å². The molecule has 0 unspecified atom stereocenters. The van der Waals surface area contributed by atoms with Gasteiger partial charge in [0, 0.05) is 21.2 Å². The predicted octanol–water partition coefficient (Wildman–Crippen LogP) is 4.22. The Morgan fingerprint density at radius 2 is 1.89 bits per heavy atom. The van der Waals surface area contributed by atoms with Gasteiger partial charge in [0.25, 0.3) is 0 Å². The van der Waals surface area contributed by atoms with Crippen LogP contribution in [0.1, 0.15) is 16.7 Å². The van der Waals surface area contributed by atoms with Crippen LogP contribution in [0.4, 0.5) is 0 Å². The first kappa shape index (κ1) is 14.0. The van der Waals surface area contributed by atoms with Crippen molar-refractivity contribution in [1.29, 1.82) is 5.41 Å². The quantitative estimate of drug-likeness (QED) is 0.503. The molecule has 4 heteroatoms. The number of benzene rings is 2. The van der Waals surface area contributed by atoms with Crippen molar-refractivity contribution in [1.82, 2.24) is 0 Å². The Balaban J connectivity index is 2.19. The summed E-state index contributed by atoms with van der Waals surface area (Å²) in [5.74, 6) is 0.949. The van der Waals surface area contributed by atoms with Gasteiger partial charge in [0.1, 0.15) is 5.84 Å². The van der Waals surface area contributed by atoms with E-state index in [0.717, 1.165) is 26.8 Å². The molecule has 0 spiro atoms. The molecule has 0 amide bonds. The molecular weight excluding hydrogens is 276 g/mol. The lowest BCUT2D eigenvalue weighted by molar-refractivity contribution is 1.25. The molecule has 0 aliphatic carbocycles. The molecule has 19 heavy (non-hydrogen) atoms. The molecule has 0 radical (unpaired) electrons. The van der Waals surface area contributed by atoms with E-state index in [1.165, 1.54) is 5.56 Å². The Morgan fingerprint density at radius 3 is 2.53 bits per heavy atom. The van der Waals surface area contributed by atoms with E-state index in [1.807, 2.05) is 49.4 Å². The maximum absolute atomic E-state index is 7.63. The number of hydrogen-bond donors (Lipinski definition) is 2. The van der Waals surface area contributed by atoms with Crippen LogP contribution < -0.4 is 5.73 Å². The highest BCUT2D eigenvalue weighted by Gasteiger charge is 2.08. The molecule has 0 fully saturated rings. The van der Waals surface area contributed by atoms with Crippen LogP contribution in [-0.4, -0.2) is 5.84 Å². The summed E-state index contributed by atoms with van der Waals surface area (Å²) >= 11 is 7.57. The summed E-state index contributed by atoms with van der Waals surface area (Å²) in [6.45, 7) is 2.04. The Hall–Kier alpha value is -1.45. The van der Waals surface area contributed by atoms with Crippen molar-refractivity contribution in [3.8, 4) is 0 Å². The third-order valence-electron chi connectivity index (χ3n) is 2.80. The van der Waals surface area contributed by atoms with Crippen LogP contribution in [0.2, 0.25) is 5.02 Å². The van der Waals surface area contributed by atoms with Gasteiger partial charge in [-0.05, 0) is 30.2 Å². The summed E-state index contributed by atoms with van der Waals surface area (Å²) in [6, 6.07) is 13.7. The SMILES string of the molecule is Cc1cccc(C(=N)N)c1SCc1ccc(Cl)cc1. The fourth-order valence-electron chi connectivity index (χ4n) is 1.79. The van der Waals surface area contributed by atoms with Gasteiger partial charge in [-0.2, -0.15) is 0 Å². The van der Waals surface area contributed by atoms with E-state index in [9.17, 15) is 0 Å². The monoisotopic (exact) mass is 290 g/mol. The Bertz CT molecular complexity index is 594. The average Bonchev–Trinajstić information content (AvgIpc) is 2.39. The number of hydrogen-bond acceptors (Lipinski definition) is 2. The van der Waals surface area contributed by atoms with Crippen LogP contribution >= 0.6 is 23.4 Å². The van der Waals surface area contributed by atoms with E-state index in [1.54, 1.807) is 11.8 Å². The number of nitrogens with one attached hydrogen (secondary N) is 1. The van der Waals surface area contributed by atoms with Crippen LogP contribution in [0.3, 0.4) is 0 Å². The van der Waals surface area contributed by atoms with Gasteiger partial charge < -0.3 is 5.73 Å². The van der Waals surface area contributed by atoms with Crippen molar-refractivity contribution in [2.75, 3.05) is 0 Å². The lowest BCUT2D eigenvalue weighted by Gasteiger charge is -2.11. The van der Waals surface area contributed by atoms with Crippen molar-refractivity contribution >= 4 is 29.2 Å². The van der Waals surface area contributed by atoms with Crippen molar-refractivity contribution < 1.29 is 0 Å². The highest BCUT2D eigenvalue weighted by molar-refractivity contribution is 7.98. The highest BCUT2D eigenvalue weighted by Crippen LogP contribution is 2.29. The first-order valence-corrected chi connectivity index (χ1v) is 7.25. The third kappa shape index (κ3) is 3.52. The fourth-order valence-corrected chi connectivity index (χ4v) is 3.05. The van der Waals surface area contributed by atoms with E-state index < -0.39 is 0 Å². The second kappa shape index (κ2) is 6.13. The van der Waals surface area contributed by atoms with Crippen LogP contribution in [0.25, 0.3) is 0 Å². The lowest BCUT2D eigenvalue weighted by atomic mass is 10.1. The smallest absolute Gasteiger partial charge is 0.123 e. The Labute approximate surface area is 122 Å². The van der Waals surface area contributed by atoms with Gasteiger partial charge >= 0.3 is 0 Å². The van der Waals surface area contributed by atoms with Crippen molar-refractivity contribution in [3.05, 3.63) is 64.2 Å². The minimum Gasteiger partial charge on any atom is -0.384 e. The standard InChI is InChI=1S/C15H15ClN2S/c1-10-3-2-4-13(15(17)18)14(10)19-9-11-5-7-12(16)8-6-11/h2-8H,9H2,1H3,(H3,17,18). The van der Waals surface area contributed by atoms with E-state index in [-0.39, 0.29) is 5.84 Å². The lowest BCUT2D eigenvalue weighted by Crippen LogP contribution is -2.12. The summed E-state index contributed by atoms with van der Waals surface area (Å²) in [6.07, 6.45) is 0. The van der Waals surface area contributed by atoms with Crippen molar-refractivity contribution in [3.63, 3.8) is 0 Å². The Morgan fingerprint density at radius 1 is 1.21 bits per heavy atom. The zero-order valence-electron chi connectivity index (χ0n) is 10.6. The van der Waals surface area contributed by atoms with Crippen molar-refractivity contribution in [2.24, 2.45) is 5.73 Å². The number of nitrogens with two attached hydrogens (primary N) is 1. The fraction of sp³-hybridized carbons (Fsp3) is 0.133. The normalized spacial score (nSPS) is 10.4. The summed E-state index contributed by atoms with van der Waals surface area (Å²) in [7, 11) is 0. The molecule has 2 rings (SSSR count). The number of aryl methyl sites for hydroxylation is 1. The number of halogens is 1. The second-order valence-corrected chi connectivity index (χ2v) is 5.70. The molecule has 0 atom stereocenters. The van der Waals surface area contributed by atoms with E-state index in [0.29, 0.717) is 0 Å². The second-order valence-electron chi connectivity index (χ2n) is 4.28. The van der Waals surface area contributed by atoms with Crippen LogP contribution in [0, 0.1) is 12.3 Å².